The van der Waals surface area contributed by atoms with Gasteiger partial charge in [0, 0.05) is 56.9 Å². The van der Waals surface area contributed by atoms with Gasteiger partial charge in [0.2, 0.25) is 5.91 Å². The maximum atomic E-state index is 13.4. The maximum Gasteiger partial charge on any atom is 0.256 e. The van der Waals surface area contributed by atoms with Gasteiger partial charge in [-0.2, -0.15) is 0 Å². The van der Waals surface area contributed by atoms with Gasteiger partial charge in [-0.25, -0.2) is 15.0 Å². The number of nitrogens with zero attached hydrogens (tertiary/aromatic N) is 5. The lowest BCUT2D eigenvalue weighted by Crippen LogP contribution is -2.48. The van der Waals surface area contributed by atoms with Gasteiger partial charge in [-0.3, -0.25) is 14.6 Å². The minimum atomic E-state index is -0.123. The fourth-order valence-electron chi connectivity index (χ4n) is 4.51. The molecule has 9 nitrogen and oxygen atoms in total. The van der Waals surface area contributed by atoms with Crippen LogP contribution in [-0.2, 0) is 22.7 Å². The number of carbonyl (C=O) groups is 2. The number of amides is 2. The Morgan fingerprint density at radius 3 is 2.23 bits per heavy atom. The molecule has 0 saturated heterocycles. The van der Waals surface area contributed by atoms with Crippen LogP contribution < -0.4 is 15.5 Å². The van der Waals surface area contributed by atoms with E-state index in [4.69, 9.17) is 0 Å². The molecule has 0 unspecified atom stereocenters. The van der Waals surface area contributed by atoms with Crippen molar-refractivity contribution in [2.75, 3.05) is 44.7 Å². The van der Waals surface area contributed by atoms with E-state index in [1.54, 1.807) is 24.5 Å². The van der Waals surface area contributed by atoms with Crippen LogP contribution in [0.3, 0.4) is 0 Å². The first-order valence-electron chi connectivity index (χ1n) is 12.6. The molecule has 0 saturated carbocycles. The van der Waals surface area contributed by atoms with Crippen LogP contribution in [-0.4, -0.2) is 71.6 Å². The van der Waals surface area contributed by atoms with E-state index in [1.165, 1.54) is 17.5 Å². The van der Waals surface area contributed by atoms with Crippen LogP contribution in [0.2, 0.25) is 0 Å². The van der Waals surface area contributed by atoms with Crippen LogP contribution in [0.5, 0.6) is 0 Å². The van der Waals surface area contributed by atoms with E-state index < -0.39 is 0 Å². The predicted octanol–water partition coefficient (Wildman–Crippen LogP) is 3.22. The van der Waals surface area contributed by atoms with Gasteiger partial charge in [0.05, 0.1) is 13.1 Å². The van der Waals surface area contributed by atoms with Crippen molar-refractivity contribution >= 4 is 42.3 Å². The highest BCUT2D eigenvalue weighted by atomic mass is 35.5. The average Bonchev–Trinajstić information content (AvgIpc) is 3.35. The Labute approximate surface area is 242 Å². The Balaban J connectivity index is 0.00000267. The third kappa shape index (κ3) is 8.37. The Hall–Kier alpha value is -3.24. The van der Waals surface area contributed by atoms with Gasteiger partial charge in [-0.15, -0.1) is 24.8 Å². The number of aromatic nitrogens is 2. The largest absolute Gasteiger partial charge is 0.353 e. The summed E-state index contributed by atoms with van der Waals surface area (Å²) in [5.74, 6) is -0.199. The number of nitrogens with one attached hydrogen (secondary N) is 2. The number of aryl methyl sites for hydroxylation is 1. The predicted molar refractivity (Wildman–Crippen MR) is 159 cm³/mol. The van der Waals surface area contributed by atoms with Crippen LogP contribution in [0, 0.1) is 6.92 Å². The number of hydrogen-bond donors (Lipinski definition) is 2. The molecular weight excluding hydrogens is 537 g/mol. The molecule has 11 heteroatoms. The molecule has 1 aliphatic heterocycles. The van der Waals surface area contributed by atoms with E-state index >= 15 is 0 Å². The van der Waals surface area contributed by atoms with Crippen LogP contribution in [0.4, 0.5) is 5.69 Å². The summed E-state index contributed by atoms with van der Waals surface area (Å²) in [4.78, 5) is 36.3. The first kappa shape index (κ1) is 32.0. The molecule has 2 amide bonds. The fourth-order valence-corrected chi connectivity index (χ4v) is 4.51. The highest BCUT2D eigenvalue weighted by Crippen LogP contribution is 2.27. The molecule has 0 fully saturated rings. The van der Waals surface area contributed by atoms with Crippen molar-refractivity contribution in [3.8, 4) is 11.1 Å². The Kier molecular flexibility index (Phi) is 12.6. The maximum absolute atomic E-state index is 13.4. The first-order chi connectivity index (χ1) is 18.0. The molecule has 39 heavy (non-hydrogen) atoms. The molecule has 2 aromatic carbocycles. The number of likely N-dealkylation sites (N-methyl/N-ethyl adjacent to an activating group) is 2. The Morgan fingerprint density at radius 2 is 1.62 bits per heavy atom. The minimum absolute atomic E-state index is 0. The van der Waals surface area contributed by atoms with Crippen molar-refractivity contribution in [2.24, 2.45) is 0 Å². The molecule has 210 valence electrons. The van der Waals surface area contributed by atoms with Gasteiger partial charge < -0.3 is 15.5 Å². The monoisotopic (exact) mass is 573 g/mol. The molecule has 4 rings (SSSR count). The molecule has 0 aliphatic carbocycles. The van der Waals surface area contributed by atoms with E-state index in [-0.39, 0.29) is 49.7 Å². The fraction of sp³-hybridized carbons (Fsp3) is 0.357. The molecule has 1 aliphatic rings. The summed E-state index contributed by atoms with van der Waals surface area (Å²) < 4.78 is 0. The second kappa shape index (κ2) is 15.4. The minimum Gasteiger partial charge on any atom is -0.353 e. The lowest BCUT2D eigenvalue weighted by atomic mass is 10.0. The van der Waals surface area contributed by atoms with E-state index in [1.807, 2.05) is 54.1 Å². The van der Waals surface area contributed by atoms with Crippen LogP contribution >= 0.6 is 24.8 Å². The van der Waals surface area contributed by atoms with E-state index in [0.29, 0.717) is 26.2 Å². The lowest BCUT2D eigenvalue weighted by molar-refractivity contribution is -0.145. The zero-order chi connectivity index (χ0) is 26.2. The van der Waals surface area contributed by atoms with Gasteiger partial charge in [0.25, 0.3) is 5.91 Å². The van der Waals surface area contributed by atoms with Gasteiger partial charge in [0.1, 0.15) is 6.33 Å². The summed E-state index contributed by atoms with van der Waals surface area (Å²) in [6.45, 7) is 7.65. The van der Waals surface area contributed by atoms with E-state index in [0.717, 1.165) is 28.9 Å². The van der Waals surface area contributed by atoms with Crippen LogP contribution in [0.25, 0.3) is 11.1 Å². The van der Waals surface area contributed by atoms with Gasteiger partial charge in [0.15, 0.2) is 0 Å². The summed E-state index contributed by atoms with van der Waals surface area (Å²) in [7, 11) is 1.80. The van der Waals surface area contributed by atoms with Crippen molar-refractivity contribution in [3.63, 3.8) is 0 Å². The van der Waals surface area contributed by atoms with Gasteiger partial charge in [-0.05, 0) is 47.9 Å². The van der Waals surface area contributed by atoms with Crippen molar-refractivity contribution in [3.05, 3.63) is 77.9 Å². The van der Waals surface area contributed by atoms with E-state index in [9.17, 15) is 9.59 Å². The number of halogens is 2. The Morgan fingerprint density at radius 1 is 0.949 bits per heavy atom. The molecule has 2 heterocycles. The normalized spacial score (nSPS) is 12.1. The quantitative estimate of drug-likeness (QED) is 0.340. The number of rotatable bonds is 11. The SMILES string of the molecule is CCNCCNC(=O)CN(CC(=O)N(C)N1Cc2ccccc2C1)c1ccc(-c2cncnc2)cc1C.Cl.Cl. The topological polar surface area (TPSA) is 93.7 Å². The molecule has 0 spiro atoms. The summed E-state index contributed by atoms with van der Waals surface area (Å²) in [5.41, 5.74) is 6.16. The number of hydrazine groups is 1. The van der Waals surface area contributed by atoms with Crippen molar-refractivity contribution in [2.45, 2.75) is 26.9 Å². The van der Waals surface area contributed by atoms with Crippen molar-refractivity contribution in [1.82, 2.24) is 30.6 Å². The number of benzene rings is 2. The standard InChI is InChI=1S/C28H35N7O2.2ClH/c1-4-29-11-12-32-27(36)18-34(26-10-9-22(13-21(26)2)25-14-30-20-31-15-25)19-28(37)33(3)35-16-23-7-5-6-8-24(23)17-35;;/h5-10,13-15,20,29H,4,11-12,16-19H2,1-3H3,(H,32,36);2*1H. The number of anilines is 1. The molecule has 1 aromatic heterocycles. The number of carbonyl (C=O) groups excluding carboxylic acids is 2. The van der Waals surface area contributed by atoms with Gasteiger partial charge >= 0.3 is 0 Å². The summed E-state index contributed by atoms with van der Waals surface area (Å²) in [5, 5.41) is 9.87. The van der Waals surface area contributed by atoms with Gasteiger partial charge in [-0.1, -0.05) is 37.3 Å². The zero-order valence-corrected chi connectivity index (χ0v) is 24.2. The third-order valence-corrected chi connectivity index (χ3v) is 6.58. The molecule has 0 atom stereocenters. The average molecular weight is 575 g/mol. The second-order valence-corrected chi connectivity index (χ2v) is 9.20. The van der Waals surface area contributed by atoms with Crippen LogP contribution in [0.15, 0.2) is 61.2 Å². The van der Waals surface area contributed by atoms with Crippen LogP contribution in [0.1, 0.15) is 23.6 Å². The number of hydrogen-bond acceptors (Lipinski definition) is 7. The highest BCUT2D eigenvalue weighted by molar-refractivity contribution is 5.87. The zero-order valence-electron chi connectivity index (χ0n) is 22.6. The third-order valence-electron chi connectivity index (χ3n) is 6.58. The first-order valence-corrected chi connectivity index (χ1v) is 12.6. The molecule has 0 bridgehead atoms. The Bertz CT molecular complexity index is 1200. The molecular formula is C28H37Cl2N7O2. The van der Waals surface area contributed by atoms with Crippen molar-refractivity contribution in [1.29, 1.82) is 0 Å². The molecule has 3 aromatic rings. The smallest absolute Gasteiger partial charge is 0.256 e. The summed E-state index contributed by atoms with van der Waals surface area (Å²) >= 11 is 0. The molecule has 0 radical (unpaired) electrons. The molecule has 2 N–H and O–H groups in total. The second-order valence-electron chi connectivity index (χ2n) is 9.20. The highest BCUT2D eigenvalue weighted by Gasteiger charge is 2.27. The number of fused-ring (bicyclic) bond motifs is 1. The summed E-state index contributed by atoms with van der Waals surface area (Å²) in [6.07, 6.45) is 5.04. The van der Waals surface area contributed by atoms with E-state index in [2.05, 4.69) is 32.7 Å². The summed E-state index contributed by atoms with van der Waals surface area (Å²) in [6, 6.07) is 14.2. The van der Waals surface area contributed by atoms with Crippen molar-refractivity contribution < 1.29 is 9.59 Å². The lowest BCUT2D eigenvalue weighted by Gasteiger charge is -2.32.